The number of carbonyl (C=O) groups excluding carboxylic acids is 1. The number of hydrogen-bond acceptors (Lipinski definition) is 3. The maximum absolute atomic E-state index is 11.9. The van der Waals surface area contributed by atoms with E-state index in [1.807, 2.05) is 6.92 Å². The van der Waals surface area contributed by atoms with Crippen molar-refractivity contribution in [1.82, 2.24) is 15.5 Å². The smallest absolute Gasteiger partial charge is 0.326 e. The molecule has 0 aromatic rings. The first-order valence-corrected chi connectivity index (χ1v) is 7.14. The maximum atomic E-state index is 11.9. The van der Waals surface area contributed by atoms with Crippen LogP contribution < -0.4 is 10.6 Å². The van der Waals surface area contributed by atoms with E-state index < -0.39 is 23.5 Å². The third kappa shape index (κ3) is 6.75. The molecule has 0 fully saturated rings. The van der Waals surface area contributed by atoms with Crippen molar-refractivity contribution in [3.8, 4) is 0 Å². The predicted octanol–water partition coefficient (Wildman–Crippen LogP) is 1.52. The Hall–Kier alpha value is -1.30. The molecule has 0 aliphatic carbocycles. The Labute approximate surface area is 121 Å². The second-order valence-corrected chi connectivity index (χ2v) is 6.14. The summed E-state index contributed by atoms with van der Waals surface area (Å²) in [5.41, 5.74) is -0.536. The van der Waals surface area contributed by atoms with E-state index in [0.717, 1.165) is 19.6 Å². The van der Waals surface area contributed by atoms with Crippen molar-refractivity contribution in [2.75, 3.05) is 19.6 Å². The number of carboxylic acid groups (broad SMARTS) is 1. The van der Waals surface area contributed by atoms with Crippen LogP contribution in [0.4, 0.5) is 4.79 Å². The van der Waals surface area contributed by atoms with Gasteiger partial charge in [0.25, 0.3) is 0 Å². The molecular formula is C14H29N3O3. The lowest BCUT2D eigenvalue weighted by molar-refractivity contribution is -0.141. The first kappa shape index (κ1) is 18.7. The zero-order valence-corrected chi connectivity index (χ0v) is 13.5. The third-order valence-corrected chi connectivity index (χ3v) is 3.19. The van der Waals surface area contributed by atoms with Crippen LogP contribution in [-0.4, -0.2) is 53.7 Å². The summed E-state index contributed by atoms with van der Waals surface area (Å²) in [4.78, 5) is 25.3. The minimum Gasteiger partial charge on any atom is -0.480 e. The average molecular weight is 287 g/mol. The van der Waals surface area contributed by atoms with Crippen LogP contribution in [-0.2, 0) is 4.79 Å². The standard InChI is InChI=1S/C14H29N3O3/c1-7-17(8-2)9-10(3)15-13(20)16-11(12(18)19)14(4,5)6/h10-11H,7-9H2,1-6H3,(H,18,19)(H2,15,16,20). The summed E-state index contributed by atoms with van der Waals surface area (Å²) >= 11 is 0. The second-order valence-electron chi connectivity index (χ2n) is 6.14. The molecule has 0 spiro atoms. The molecule has 0 rings (SSSR count). The number of amides is 2. The van der Waals surface area contributed by atoms with Crippen LogP contribution in [0.3, 0.4) is 0 Å². The number of aliphatic carboxylic acids is 1. The number of likely N-dealkylation sites (N-methyl/N-ethyl adjacent to an activating group) is 1. The lowest BCUT2D eigenvalue weighted by Crippen LogP contribution is -2.54. The van der Waals surface area contributed by atoms with Crippen molar-refractivity contribution in [3.05, 3.63) is 0 Å². The lowest BCUT2D eigenvalue weighted by atomic mass is 9.87. The van der Waals surface area contributed by atoms with Crippen LogP contribution in [0.5, 0.6) is 0 Å². The normalized spacial score (nSPS) is 14.8. The summed E-state index contributed by atoms with van der Waals surface area (Å²) in [5, 5.41) is 14.5. The van der Waals surface area contributed by atoms with Crippen LogP contribution in [0, 0.1) is 5.41 Å². The van der Waals surface area contributed by atoms with E-state index in [1.165, 1.54) is 0 Å². The predicted molar refractivity (Wildman–Crippen MR) is 79.8 cm³/mol. The number of nitrogens with zero attached hydrogens (tertiary/aromatic N) is 1. The van der Waals surface area contributed by atoms with Crippen molar-refractivity contribution in [2.24, 2.45) is 5.41 Å². The van der Waals surface area contributed by atoms with Gasteiger partial charge in [0, 0.05) is 12.6 Å². The van der Waals surface area contributed by atoms with Gasteiger partial charge in [0.15, 0.2) is 0 Å². The first-order valence-electron chi connectivity index (χ1n) is 7.14. The molecule has 0 aromatic carbocycles. The Kier molecular flexibility index (Phi) is 7.57. The van der Waals surface area contributed by atoms with E-state index in [9.17, 15) is 9.59 Å². The lowest BCUT2D eigenvalue weighted by Gasteiger charge is -2.29. The maximum Gasteiger partial charge on any atom is 0.326 e. The molecule has 0 saturated heterocycles. The molecule has 0 aromatic heterocycles. The van der Waals surface area contributed by atoms with Gasteiger partial charge in [-0.15, -0.1) is 0 Å². The Morgan fingerprint density at radius 3 is 2.00 bits per heavy atom. The molecule has 0 aliphatic rings. The minimum atomic E-state index is -1.02. The highest BCUT2D eigenvalue weighted by molar-refractivity contribution is 5.83. The fourth-order valence-corrected chi connectivity index (χ4v) is 1.96. The molecule has 0 bridgehead atoms. The summed E-state index contributed by atoms with van der Waals surface area (Å²) < 4.78 is 0. The summed E-state index contributed by atoms with van der Waals surface area (Å²) in [7, 11) is 0. The molecule has 118 valence electrons. The van der Waals surface area contributed by atoms with Gasteiger partial charge in [-0.3, -0.25) is 0 Å². The number of carbonyl (C=O) groups is 2. The van der Waals surface area contributed by atoms with Crippen LogP contribution >= 0.6 is 0 Å². The van der Waals surface area contributed by atoms with E-state index in [-0.39, 0.29) is 6.04 Å². The fourth-order valence-electron chi connectivity index (χ4n) is 1.96. The van der Waals surface area contributed by atoms with Gasteiger partial charge < -0.3 is 20.6 Å². The van der Waals surface area contributed by atoms with Crippen molar-refractivity contribution in [3.63, 3.8) is 0 Å². The largest absolute Gasteiger partial charge is 0.480 e. The monoisotopic (exact) mass is 287 g/mol. The molecule has 20 heavy (non-hydrogen) atoms. The van der Waals surface area contributed by atoms with E-state index in [4.69, 9.17) is 5.11 Å². The highest BCUT2D eigenvalue weighted by Crippen LogP contribution is 2.19. The highest BCUT2D eigenvalue weighted by Gasteiger charge is 2.32. The van der Waals surface area contributed by atoms with Gasteiger partial charge >= 0.3 is 12.0 Å². The SMILES string of the molecule is CCN(CC)CC(C)NC(=O)NC(C(=O)O)C(C)(C)C. The van der Waals surface area contributed by atoms with Gasteiger partial charge in [-0.1, -0.05) is 34.6 Å². The van der Waals surface area contributed by atoms with Gasteiger partial charge in [-0.2, -0.15) is 0 Å². The number of nitrogens with one attached hydrogen (secondary N) is 2. The van der Waals surface area contributed by atoms with Crippen molar-refractivity contribution < 1.29 is 14.7 Å². The quantitative estimate of drug-likeness (QED) is 0.663. The Balaban J connectivity index is 4.43. The number of urea groups is 1. The van der Waals surface area contributed by atoms with E-state index in [1.54, 1.807) is 20.8 Å². The van der Waals surface area contributed by atoms with E-state index >= 15 is 0 Å². The van der Waals surface area contributed by atoms with Gasteiger partial charge in [0.2, 0.25) is 0 Å². The topological polar surface area (TPSA) is 81.7 Å². The number of rotatable bonds is 7. The Morgan fingerprint density at radius 2 is 1.65 bits per heavy atom. The third-order valence-electron chi connectivity index (χ3n) is 3.19. The molecule has 6 heteroatoms. The minimum absolute atomic E-state index is 0.0377. The molecule has 2 amide bonds. The summed E-state index contributed by atoms with van der Waals surface area (Å²) in [6, 6.07) is -1.39. The molecule has 0 saturated carbocycles. The molecule has 0 aliphatic heterocycles. The van der Waals surface area contributed by atoms with Crippen LogP contribution in [0.2, 0.25) is 0 Å². The van der Waals surface area contributed by atoms with Crippen molar-refractivity contribution >= 4 is 12.0 Å². The molecule has 2 atom stereocenters. The van der Waals surface area contributed by atoms with Gasteiger partial charge in [-0.25, -0.2) is 9.59 Å². The fraction of sp³-hybridized carbons (Fsp3) is 0.857. The molecular weight excluding hydrogens is 258 g/mol. The van der Waals surface area contributed by atoms with Crippen molar-refractivity contribution in [1.29, 1.82) is 0 Å². The number of hydrogen-bond donors (Lipinski definition) is 3. The number of carboxylic acids is 1. The van der Waals surface area contributed by atoms with E-state index in [2.05, 4.69) is 29.4 Å². The Bertz CT molecular complexity index is 322. The van der Waals surface area contributed by atoms with Gasteiger partial charge in [0.05, 0.1) is 0 Å². The summed E-state index contributed by atoms with van der Waals surface area (Å²) in [6.07, 6.45) is 0. The van der Waals surface area contributed by atoms with Gasteiger partial charge in [-0.05, 0) is 25.4 Å². The molecule has 0 heterocycles. The Morgan fingerprint density at radius 1 is 1.15 bits per heavy atom. The second kappa shape index (κ2) is 8.09. The average Bonchev–Trinajstić information content (AvgIpc) is 2.31. The summed E-state index contributed by atoms with van der Waals surface area (Å²) in [5.74, 6) is -1.02. The molecule has 0 radical (unpaired) electrons. The summed E-state index contributed by atoms with van der Waals surface area (Å²) in [6.45, 7) is 14.0. The molecule has 6 nitrogen and oxygen atoms in total. The molecule has 3 N–H and O–H groups in total. The first-order chi connectivity index (χ1) is 9.11. The van der Waals surface area contributed by atoms with Crippen LogP contribution in [0.25, 0.3) is 0 Å². The zero-order valence-electron chi connectivity index (χ0n) is 13.5. The van der Waals surface area contributed by atoms with Gasteiger partial charge in [0.1, 0.15) is 6.04 Å². The zero-order chi connectivity index (χ0) is 15.9. The molecule has 2 unspecified atom stereocenters. The van der Waals surface area contributed by atoms with Crippen LogP contribution in [0.1, 0.15) is 41.5 Å². The highest BCUT2D eigenvalue weighted by atomic mass is 16.4. The van der Waals surface area contributed by atoms with Crippen molar-refractivity contribution in [2.45, 2.75) is 53.6 Å². The van der Waals surface area contributed by atoms with E-state index in [0.29, 0.717) is 0 Å². The van der Waals surface area contributed by atoms with Crippen LogP contribution in [0.15, 0.2) is 0 Å².